The molecular formula is C19H36O3S. The zero-order valence-electron chi connectivity index (χ0n) is 15.0. The van der Waals surface area contributed by atoms with E-state index in [1.54, 1.807) is 0 Å². The largest absolute Gasteiger partial charge is 0.270 e. The summed E-state index contributed by atoms with van der Waals surface area (Å²) in [6, 6.07) is 0. The topological polar surface area (TPSA) is 43.4 Å². The molecule has 0 spiro atoms. The fraction of sp³-hybridized carbons (Fsp3) is 0.895. The number of unbranched alkanes of at least 4 members (excludes halogenated alkanes) is 10. The van der Waals surface area contributed by atoms with E-state index in [1.807, 2.05) is 0 Å². The van der Waals surface area contributed by atoms with E-state index < -0.39 is 10.1 Å². The van der Waals surface area contributed by atoms with E-state index in [2.05, 4.69) is 12.2 Å². The molecular weight excluding hydrogens is 308 g/mol. The van der Waals surface area contributed by atoms with Gasteiger partial charge in [-0.1, -0.05) is 76.4 Å². The second-order valence-electron chi connectivity index (χ2n) is 6.97. The van der Waals surface area contributed by atoms with E-state index in [-0.39, 0.29) is 0 Å². The highest BCUT2D eigenvalue weighted by Crippen LogP contribution is 2.23. The van der Waals surface area contributed by atoms with Crippen LogP contribution in [0.1, 0.15) is 89.9 Å². The number of hydrogen-bond donors (Lipinski definition) is 0. The third-order valence-corrected chi connectivity index (χ3v) is 5.22. The van der Waals surface area contributed by atoms with Crippen molar-refractivity contribution < 1.29 is 12.6 Å². The maximum atomic E-state index is 10.8. The molecule has 0 radical (unpaired) electrons. The van der Waals surface area contributed by atoms with Crippen molar-refractivity contribution in [2.24, 2.45) is 5.92 Å². The van der Waals surface area contributed by atoms with E-state index in [9.17, 15) is 8.42 Å². The quantitative estimate of drug-likeness (QED) is 0.220. The molecule has 4 heteroatoms. The zero-order valence-corrected chi connectivity index (χ0v) is 15.8. The third-order valence-electron chi connectivity index (χ3n) is 4.63. The van der Waals surface area contributed by atoms with Gasteiger partial charge in [0.2, 0.25) is 0 Å². The van der Waals surface area contributed by atoms with E-state index in [0.717, 1.165) is 25.0 Å². The van der Waals surface area contributed by atoms with Gasteiger partial charge in [0.05, 0.1) is 12.9 Å². The van der Waals surface area contributed by atoms with Gasteiger partial charge >= 0.3 is 0 Å². The Bertz CT molecular complexity index is 401. The minimum Gasteiger partial charge on any atom is -0.270 e. The average Bonchev–Trinajstić information content (AvgIpc) is 3.00. The van der Waals surface area contributed by atoms with Gasteiger partial charge in [-0.2, -0.15) is 8.42 Å². The maximum absolute atomic E-state index is 10.8. The monoisotopic (exact) mass is 344 g/mol. The lowest BCUT2D eigenvalue weighted by Crippen LogP contribution is -2.03. The molecule has 0 heterocycles. The first kappa shape index (κ1) is 20.7. The van der Waals surface area contributed by atoms with E-state index >= 15 is 0 Å². The van der Waals surface area contributed by atoms with Crippen molar-refractivity contribution in [3.8, 4) is 0 Å². The summed E-state index contributed by atoms with van der Waals surface area (Å²) in [7, 11) is -3.25. The summed E-state index contributed by atoms with van der Waals surface area (Å²) in [6.07, 6.45) is 24.0. The molecule has 0 fully saturated rings. The third kappa shape index (κ3) is 13.8. The Balaban J connectivity index is 1.70. The van der Waals surface area contributed by atoms with Crippen LogP contribution in [0.2, 0.25) is 0 Å². The van der Waals surface area contributed by atoms with Gasteiger partial charge in [-0.15, -0.1) is 0 Å². The van der Waals surface area contributed by atoms with Crippen LogP contribution in [0, 0.1) is 5.92 Å². The van der Waals surface area contributed by atoms with Crippen LogP contribution in [0.5, 0.6) is 0 Å². The first-order valence-electron chi connectivity index (χ1n) is 9.59. The molecule has 1 atom stereocenters. The molecule has 0 aromatic heterocycles. The van der Waals surface area contributed by atoms with E-state index in [4.69, 9.17) is 4.18 Å². The number of rotatable bonds is 15. The van der Waals surface area contributed by atoms with Gasteiger partial charge in [0.15, 0.2) is 0 Å². The normalized spacial score (nSPS) is 17.9. The fourth-order valence-electron chi connectivity index (χ4n) is 3.25. The van der Waals surface area contributed by atoms with Crippen LogP contribution in [-0.2, 0) is 14.3 Å². The SMILES string of the molecule is CS(=O)(=O)OCCCCCCCCCCCCCC1C=CCC1. The molecule has 3 nitrogen and oxygen atoms in total. The van der Waals surface area contributed by atoms with Crippen LogP contribution >= 0.6 is 0 Å². The highest BCUT2D eigenvalue weighted by atomic mass is 32.2. The predicted molar refractivity (Wildman–Crippen MR) is 98.1 cm³/mol. The van der Waals surface area contributed by atoms with Gasteiger partial charge in [-0.05, 0) is 31.6 Å². The van der Waals surface area contributed by atoms with Crippen LogP contribution in [0.25, 0.3) is 0 Å². The Hall–Kier alpha value is -0.350. The van der Waals surface area contributed by atoms with Gasteiger partial charge in [0.1, 0.15) is 0 Å². The Morgan fingerprint density at radius 2 is 1.39 bits per heavy atom. The first-order valence-corrected chi connectivity index (χ1v) is 11.4. The molecule has 0 saturated carbocycles. The second kappa shape index (κ2) is 13.0. The molecule has 1 unspecified atom stereocenters. The summed E-state index contributed by atoms with van der Waals surface area (Å²) in [6.45, 7) is 0.343. The Morgan fingerprint density at radius 3 is 1.87 bits per heavy atom. The van der Waals surface area contributed by atoms with Gasteiger partial charge in [-0.25, -0.2) is 0 Å². The maximum Gasteiger partial charge on any atom is 0.264 e. The molecule has 0 aromatic rings. The Morgan fingerprint density at radius 1 is 0.870 bits per heavy atom. The lowest BCUT2D eigenvalue weighted by atomic mass is 9.99. The van der Waals surface area contributed by atoms with Crippen molar-refractivity contribution >= 4 is 10.1 Å². The summed E-state index contributed by atoms with van der Waals surface area (Å²) in [4.78, 5) is 0. The number of allylic oxidation sites excluding steroid dienone is 2. The number of hydrogen-bond acceptors (Lipinski definition) is 3. The lowest BCUT2D eigenvalue weighted by molar-refractivity contribution is 0.309. The summed E-state index contributed by atoms with van der Waals surface area (Å²) >= 11 is 0. The van der Waals surface area contributed by atoms with Crippen LogP contribution in [-0.4, -0.2) is 21.3 Å². The molecule has 0 aromatic carbocycles. The predicted octanol–water partition coefficient (Wildman–Crippen LogP) is 5.61. The molecule has 0 amide bonds. The summed E-state index contributed by atoms with van der Waals surface area (Å²) in [5, 5.41) is 0. The van der Waals surface area contributed by atoms with Gasteiger partial charge in [0.25, 0.3) is 10.1 Å². The standard InChI is InChI=1S/C19H36O3S/c1-23(20,21)22-18-14-10-8-6-4-2-3-5-7-9-11-15-19-16-12-13-17-19/h12,16,19H,2-11,13-15,17-18H2,1H3. The zero-order chi connectivity index (χ0) is 16.8. The lowest BCUT2D eigenvalue weighted by Gasteiger charge is -2.07. The second-order valence-corrected chi connectivity index (χ2v) is 8.61. The van der Waals surface area contributed by atoms with Crippen LogP contribution in [0.15, 0.2) is 12.2 Å². The van der Waals surface area contributed by atoms with Crippen molar-refractivity contribution in [2.75, 3.05) is 12.9 Å². The Labute approximate surface area is 144 Å². The van der Waals surface area contributed by atoms with E-state index in [1.165, 1.54) is 77.0 Å². The molecule has 0 saturated heterocycles. The molecule has 136 valence electrons. The molecule has 23 heavy (non-hydrogen) atoms. The minimum absolute atomic E-state index is 0.343. The Kier molecular flexibility index (Phi) is 11.7. The fourth-order valence-corrected chi connectivity index (χ4v) is 3.67. The van der Waals surface area contributed by atoms with Crippen molar-refractivity contribution in [2.45, 2.75) is 89.9 Å². The van der Waals surface area contributed by atoms with Crippen molar-refractivity contribution in [3.63, 3.8) is 0 Å². The minimum atomic E-state index is -3.25. The summed E-state index contributed by atoms with van der Waals surface area (Å²) in [5.41, 5.74) is 0. The average molecular weight is 345 g/mol. The van der Waals surface area contributed by atoms with Gasteiger partial charge in [0, 0.05) is 0 Å². The molecule has 1 aliphatic carbocycles. The van der Waals surface area contributed by atoms with E-state index in [0.29, 0.717) is 6.61 Å². The molecule has 0 aliphatic heterocycles. The first-order chi connectivity index (χ1) is 11.1. The smallest absolute Gasteiger partial charge is 0.264 e. The highest BCUT2D eigenvalue weighted by Gasteiger charge is 2.07. The summed E-state index contributed by atoms with van der Waals surface area (Å²) in [5.74, 6) is 0.887. The van der Waals surface area contributed by atoms with Crippen molar-refractivity contribution in [1.29, 1.82) is 0 Å². The molecule has 0 bridgehead atoms. The highest BCUT2D eigenvalue weighted by molar-refractivity contribution is 7.85. The van der Waals surface area contributed by atoms with Crippen molar-refractivity contribution in [1.82, 2.24) is 0 Å². The van der Waals surface area contributed by atoms with Crippen LogP contribution < -0.4 is 0 Å². The molecule has 1 aliphatic rings. The molecule has 0 N–H and O–H groups in total. The van der Waals surface area contributed by atoms with Crippen molar-refractivity contribution in [3.05, 3.63) is 12.2 Å². The summed E-state index contributed by atoms with van der Waals surface area (Å²) < 4.78 is 26.3. The van der Waals surface area contributed by atoms with Crippen LogP contribution in [0.3, 0.4) is 0 Å². The van der Waals surface area contributed by atoms with Crippen LogP contribution in [0.4, 0.5) is 0 Å². The van der Waals surface area contributed by atoms with Gasteiger partial charge in [-0.3, -0.25) is 4.18 Å². The molecule has 1 rings (SSSR count). The van der Waals surface area contributed by atoms with Gasteiger partial charge < -0.3 is 0 Å².